The van der Waals surface area contributed by atoms with Crippen molar-refractivity contribution in [3.8, 4) is 0 Å². The van der Waals surface area contributed by atoms with E-state index in [1.807, 2.05) is 26.0 Å². The van der Waals surface area contributed by atoms with Crippen LogP contribution in [0.4, 0.5) is 5.82 Å². The van der Waals surface area contributed by atoms with E-state index in [1.54, 1.807) is 6.20 Å². The van der Waals surface area contributed by atoms with Gasteiger partial charge in [0, 0.05) is 30.9 Å². The van der Waals surface area contributed by atoms with Crippen LogP contribution in [0.15, 0.2) is 18.3 Å². The van der Waals surface area contributed by atoms with Crippen LogP contribution >= 0.6 is 0 Å². The Morgan fingerprint density at radius 3 is 2.71 bits per heavy atom. The third kappa shape index (κ3) is 2.76. The molecule has 0 amide bonds. The highest BCUT2D eigenvalue weighted by Gasteiger charge is 2.28. The van der Waals surface area contributed by atoms with Crippen molar-refractivity contribution in [2.24, 2.45) is 5.73 Å². The summed E-state index contributed by atoms with van der Waals surface area (Å²) >= 11 is 0. The molecule has 4 heteroatoms. The SMILES string of the molecule is CC(N)c1cccnc1N1CCC(C)(O)CC1. The van der Waals surface area contributed by atoms with Gasteiger partial charge in [0.1, 0.15) is 5.82 Å². The zero-order valence-electron chi connectivity index (χ0n) is 10.6. The first kappa shape index (κ1) is 12.3. The molecule has 1 fully saturated rings. The predicted molar refractivity (Wildman–Crippen MR) is 68.9 cm³/mol. The molecule has 0 spiro atoms. The molecule has 2 rings (SSSR count). The lowest BCUT2D eigenvalue weighted by Crippen LogP contribution is -2.43. The van der Waals surface area contributed by atoms with Crippen LogP contribution in [-0.4, -0.2) is 28.8 Å². The van der Waals surface area contributed by atoms with Crippen LogP contribution in [-0.2, 0) is 0 Å². The molecule has 3 N–H and O–H groups in total. The standard InChI is InChI=1S/C13H21N3O/c1-10(14)11-4-3-7-15-12(11)16-8-5-13(2,17)6-9-16/h3-4,7,10,17H,5-6,8-9,14H2,1-2H3. The van der Waals surface area contributed by atoms with Crippen LogP contribution in [0.25, 0.3) is 0 Å². The summed E-state index contributed by atoms with van der Waals surface area (Å²) in [6, 6.07) is 3.93. The van der Waals surface area contributed by atoms with Crippen molar-refractivity contribution in [3.05, 3.63) is 23.9 Å². The molecule has 1 unspecified atom stereocenters. The Bertz CT molecular complexity index is 380. The second kappa shape index (κ2) is 4.63. The number of hydrogen-bond acceptors (Lipinski definition) is 4. The number of nitrogens with zero attached hydrogens (tertiary/aromatic N) is 2. The van der Waals surface area contributed by atoms with Crippen molar-refractivity contribution in [1.82, 2.24) is 4.98 Å². The quantitative estimate of drug-likeness (QED) is 0.814. The largest absolute Gasteiger partial charge is 0.390 e. The third-order valence-corrected chi connectivity index (χ3v) is 3.45. The van der Waals surface area contributed by atoms with E-state index in [-0.39, 0.29) is 6.04 Å². The number of aromatic nitrogens is 1. The maximum Gasteiger partial charge on any atom is 0.133 e. The van der Waals surface area contributed by atoms with E-state index >= 15 is 0 Å². The van der Waals surface area contributed by atoms with Gasteiger partial charge < -0.3 is 15.7 Å². The van der Waals surface area contributed by atoms with Gasteiger partial charge in [-0.05, 0) is 32.8 Å². The summed E-state index contributed by atoms with van der Waals surface area (Å²) < 4.78 is 0. The van der Waals surface area contributed by atoms with Crippen molar-refractivity contribution in [3.63, 3.8) is 0 Å². The Kier molecular flexibility index (Phi) is 3.35. The van der Waals surface area contributed by atoms with E-state index in [0.29, 0.717) is 0 Å². The van der Waals surface area contributed by atoms with Crippen molar-refractivity contribution in [2.45, 2.75) is 38.3 Å². The molecule has 17 heavy (non-hydrogen) atoms. The second-order valence-electron chi connectivity index (χ2n) is 5.19. The Morgan fingerprint density at radius 2 is 2.12 bits per heavy atom. The van der Waals surface area contributed by atoms with E-state index in [9.17, 15) is 5.11 Å². The summed E-state index contributed by atoms with van der Waals surface area (Å²) in [4.78, 5) is 6.65. The normalized spacial score (nSPS) is 21.3. The van der Waals surface area contributed by atoms with Gasteiger partial charge in [-0.1, -0.05) is 6.07 Å². The average Bonchev–Trinajstić information content (AvgIpc) is 2.29. The second-order valence-corrected chi connectivity index (χ2v) is 5.19. The molecule has 1 aliphatic heterocycles. The van der Waals surface area contributed by atoms with Crippen LogP contribution in [0.3, 0.4) is 0 Å². The molecule has 1 atom stereocenters. The van der Waals surface area contributed by atoms with E-state index in [4.69, 9.17) is 5.73 Å². The Morgan fingerprint density at radius 1 is 1.47 bits per heavy atom. The number of anilines is 1. The lowest BCUT2D eigenvalue weighted by Gasteiger charge is -2.37. The van der Waals surface area contributed by atoms with Gasteiger partial charge in [-0.15, -0.1) is 0 Å². The van der Waals surface area contributed by atoms with E-state index in [1.165, 1.54) is 0 Å². The van der Waals surface area contributed by atoms with Gasteiger partial charge in [-0.3, -0.25) is 0 Å². The van der Waals surface area contributed by atoms with Gasteiger partial charge in [-0.2, -0.15) is 0 Å². The molecule has 0 saturated carbocycles. The molecule has 0 aromatic carbocycles. The number of aliphatic hydroxyl groups is 1. The maximum atomic E-state index is 9.95. The van der Waals surface area contributed by atoms with Crippen LogP contribution < -0.4 is 10.6 Å². The summed E-state index contributed by atoms with van der Waals surface area (Å²) in [5.41, 5.74) is 6.51. The molecular weight excluding hydrogens is 214 g/mol. The zero-order chi connectivity index (χ0) is 12.5. The Labute approximate surface area is 102 Å². The predicted octanol–water partition coefficient (Wildman–Crippen LogP) is 1.45. The van der Waals surface area contributed by atoms with Crippen molar-refractivity contribution >= 4 is 5.82 Å². The van der Waals surface area contributed by atoms with Gasteiger partial charge in [0.15, 0.2) is 0 Å². The first-order chi connectivity index (χ1) is 7.99. The summed E-state index contributed by atoms with van der Waals surface area (Å²) in [6.45, 7) is 5.54. The fraction of sp³-hybridized carbons (Fsp3) is 0.615. The van der Waals surface area contributed by atoms with Crippen molar-refractivity contribution in [1.29, 1.82) is 0 Å². The van der Waals surface area contributed by atoms with E-state index in [0.717, 1.165) is 37.3 Å². The van der Waals surface area contributed by atoms with Gasteiger partial charge in [0.25, 0.3) is 0 Å². The zero-order valence-corrected chi connectivity index (χ0v) is 10.6. The monoisotopic (exact) mass is 235 g/mol. The fourth-order valence-electron chi connectivity index (χ4n) is 2.23. The van der Waals surface area contributed by atoms with E-state index in [2.05, 4.69) is 9.88 Å². The molecule has 4 nitrogen and oxygen atoms in total. The average molecular weight is 235 g/mol. The summed E-state index contributed by atoms with van der Waals surface area (Å²) in [5, 5.41) is 9.95. The van der Waals surface area contributed by atoms with Crippen molar-refractivity contribution in [2.75, 3.05) is 18.0 Å². The van der Waals surface area contributed by atoms with Crippen molar-refractivity contribution < 1.29 is 5.11 Å². The summed E-state index contributed by atoms with van der Waals surface area (Å²) in [7, 11) is 0. The number of pyridine rings is 1. The lowest BCUT2D eigenvalue weighted by molar-refractivity contribution is 0.0350. The molecule has 0 bridgehead atoms. The highest BCUT2D eigenvalue weighted by Crippen LogP contribution is 2.28. The molecule has 1 aromatic heterocycles. The van der Waals surface area contributed by atoms with Crippen LogP contribution in [0.2, 0.25) is 0 Å². The molecule has 1 aliphatic rings. The van der Waals surface area contributed by atoms with Gasteiger partial charge >= 0.3 is 0 Å². The number of rotatable bonds is 2. The van der Waals surface area contributed by atoms with Crippen LogP contribution in [0, 0.1) is 0 Å². The summed E-state index contributed by atoms with van der Waals surface area (Å²) in [6.07, 6.45) is 3.36. The third-order valence-electron chi connectivity index (χ3n) is 3.45. The molecule has 0 radical (unpaired) electrons. The molecule has 2 heterocycles. The first-order valence-electron chi connectivity index (χ1n) is 6.17. The van der Waals surface area contributed by atoms with Crippen LogP contribution in [0.1, 0.15) is 38.3 Å². The Balaban J connectivity index is 2.18. The van der Waals surface area contributed by atoms with Gasteiger partial charge in [-0.25, -0.2) is 4.98 Å². The number of hydrogen-bond donors (Lipinski definition) is 2. The molecule has 1 saturated heterocycles. The first-order valence-corrected chi connectivity index (χ1v) is 6.17. The highest BCUT2D eigenvalue weighted by molar-refractivity contribution is 5.48. The maximum absolute atomic E-state index is 9.95. The number of piperidine rings is 1. The summed E-state index contributed by atoms with van der Waals surface area (Å²) in [5.74, 6) is 0.970. The molecule has 0 aliphatic carbocycles. The van der Waals surface area contributed by atoms with E-state index < -0.39 is 5.60 Å². The number of nitrogens with two attached hydrogens (primary N) is 1. The van der Waals surface area contributed by atoms with Gasteiger partial charge in [0.2, 0.25) is 0 Å². The smallest absolute Gasteiger partial charge is 0.133 e. The minimum Gasteiger partial charge on any atom is -0.390 e. The Hall–Kier alpha value is -1.13. The van der Waals surface area contributed by atoms with Crippen LogP contribution in [0.5, 0.6) is 0 Å². The minimum absolute atomic E-state index is 0.0128. The van der Waals surface area contributed by atoms with Gasteiger partial charge in [0.05, 0.1) is 5.60 Å². The highest BCUT2D eigenvalue weighted by atomic mass is 16.3. The lowest BCUT2D eigenvalue weighted by atomic mass is 9.93. The fourth-order valence-corrected chi connectivity index (χ4v) is 2.23. The minimum atomic E-state index is -0.528. The molecule has 94 valence electrons. The molecular formula is C13H21N3O. The molecule has 1 aromatic rings. The topological polar surface area (TPSA) is 62.4 Å².